The summed E-state index contributed by atoms with van der Waals surface area (Å²) in [7, 11) is -2.06. The minimum atomic E-state index is -3.26. The van der Waals surface area contributed by atoms with E-state index in [2.05, 4.69) is 0 Å². The normalized spacial score (nSPS) is 14.6. The molecule has 0 aliphatic carbocycles. The van der Waals surface area contributed by atoms with Crippen molar-refractivity contribution < 1.29 is 22.3 Å². The molecule has 0 heterocycles. The van der Waals surface area contributed by atoms with Crippen LogP contribution in [0.3, 0.4) is 0 Å². The minimum Gasteiger partial charge on any atom is -0.468 e. The third-order valence-corrected chi connectivity index (χ3v) is 4.17. The van der Waals surface area contributed by atoms with Crippen LogP contribution in [-0.4, -0.2) is 40.1 Å². The summed E-state index contributed by atoms with van der Waals surface area (Å²) in [4.78, 5) is 12.1. The highest BCUT2D eigenvalue weighted by Gasteiger charge is 2.40. The van der Waals surface area contributed by atoms with E-state index in [0.717, 1.165) is 6.26 Å². The van der Waals surface area contributed by atoms with Crippen molar-refractivity contribution in [2.75, 3.05) is 25.7 Å². The van der Waals surface area contributed by atoms with Gasteiger partial charge in [-0.3, -0.25) is 4.79 Å². The molecule has 2 N–H and O–H groups in total. The molecule has 1 atom stereocenters. The summed E-state index contributed by atoms with van der Waals surface area (Å²) in [5.41, 5.74) is 4.85. The SMILES string of the molecule is COC(=O)C(CN)(CCS(C)(=O)=O)c1ccc(F)cc1. The Morgan fingerprint density at radius 3 is 2.30 bits per heavy atom. The summed E-state index contributed by atoms with van der Waals surface area (Å²) in [6, 6.07) is 5.23. The van der Waals surface area contributed by atoms with Crippen LogP contribution in [0.2, 0.25) is 0 Å². The van der Waals surface area contributed by atoms with Crippen LogP contribution < -0.4 is 5.73 Å². The summed E-state index contributed by atoms with van der Waals surface area (Å²) >= 11 is 0. The van der Waals surface area contributed by atoms with Gasteiger partial charge < -0.3 is 10.5 Å². The molecule has 1 aromatic rings. The molecule has 1 rings (SSSR count). The predicted molar refractivity (Wildman–Crippen MR) is 73.5 cm³/mol. The number of carbonyl (C=O) groups excluding carboxylic acids is 1. The molecular formula is C13H18FNO4S. The average Bonchev–Trinajstić information content (AvgIpc) is 2.40. The minimum absolute atomic E-state index is 0.0133. The molecule has 7 heteroatoms. The quantitative estimate of drug-likeness (QED) is 0.779. The van der Waals surface area contributed by atoms with Crippen LogP contribution in [0.15, 0.2) is 24.3 Å². The van der Waals surface area contributed by atoms with Crippen molar-refractivity contribution in [3.05, 3.63) is 35.6 Å². The zero-order valence-corrected chi connectivity index (χ0v) is 12.2. The monoisotopic (exact) mass is 303 g/mol. The van der Waals surface area contributed by atoms with Gasteiger partial charge in [0.2, 0.25) is 0 Å². The Bertz CT molecular complexity index is 571. The lowest BCUT2D eigenvalue weighted by Crippen LogP contribution is -2.45. The van der Waals surface area contributed by atoms with Crippen LogP contribution in [0.5, 0.6) is 0 Å². The van der Waals surface area contributed by atoms with E-state index < -0.39 is 27.0 Å². The summed E-state index contributed by atoms with van der Waals surface area (Å²) < 4.78 is 40.4. The van der Waals surface area contributed by atoms with Gasteiger partial charge in [-0.2, -0.15) is 0 Å². The van der Waals surface area contributed by atoms with E-state index in [0.29, 0.717) is 5.56 Å². The van der Waals surface area contributed by atoms with E-state index in [9.17, 15) is 17.6 Å². The molecule has 0 saturated carbocycles. The van der Waals surface area contributed by atoms with E-state index in [4.69, 9.17) is 10.5 Å². The fraction of sp³-hybridized carbons (Fsp3) is 0.462. The van der Waals surface area contributed by atoms with Crippen LogP contribution in [0.4, 0.5) is 4.39 Å². The first-order chi connectivity index (χ1) is 9.25. The number of halogens is 1. The summed E-state index contributed by atoms with van der Waals surface area (Å²) in [5, 5.41) is 0. The van der Waals surface area contributed by atoms with Gasteiger partial charge in [0.1, 0.15) is 21.1 Å². The van der Waals surface area contributed by atoms with Crippen molar-refractivity contribution in [2.24, 2.45) is 5.73 Å². The standard InChI is InChI=1S/C13H18FNO4S/c1-19-12(16)13(9-15,7-8-20(2,17)18)10-3-5-11(14)6-4-10/h3-6H,7-9,15H2,1-2H3. The largest absolute Gasteiger partial charge is 0.468 e. The topological polar surface area (TPSA) is 86.5 Å². The van der Waals surface area contributed by atoms with Crippen LogP contribution in [0.1, 0.15) is 12.0 Å². The maximum Gasteiger partial charge on any atom is 0.317 e. The molecule has 0 aliphatic heterocycles. The summed E-state index contributed by atoms with van der Waals surface area (Å²) in [6.07, 6.45) is 1.07. The lowest BCUT2D eigenvalue weighted by Gasteiger charge is -2.29. The number of sulfone groups is 1. The second-order valence-corrected chi connectivity index (χ2v) is 6.92. The number of hydrogen-bond donors (Lipinski definition) is 1. The summed E-state index contributed by atoms with van der Waals surface area (Å²) in [6.45, 7) is -0.124. The van der Waals surface area contributed by atoms with Gasteiger partial charge >= 0.3 is 5.97 Å². The molecule has 0 radical (unpaired) electrons. The molecule has 0 spiro atoms. The van der Waals surface area contributed by atoms with Gasteiger partial charge in [-0.15, -0.1) is 0 Å². The molecule has 1 aromatic carbocycles. The highest BCUT2D eigenvalue weighted by Crippen LogP contribution is 2.29. The van der Waals surface area contributed by atoms with E-state index in [1.54, 1.807) is 0 Å². The molecule has 0 amide bonds. The first-order valence-electron chi connectivity index (χ1n) is 5.97. The van der Waals surface area contributed by atoms with Gasteiger partial charge in [0.05, 0.1) is 12.9 Å². The van der Waals surface area contributed by atoms with E-state index in [-0.39, 0.29) is 18.7 Å². The molecule has 0 fully saturated rings. The molecular weight excluding hydrogens is 285 g/mol. The van der Waals surface area contributed by atoms with Gasteiger partial charge in [-0.1, -0.05) is 12.1 Å². The number of methoxy groups -OCH3 is 1. The smallest absolute Gasteiger partial charge is 0.317 e. The zero-order chi connectivity index (χ0) is 15.4. The molecule has 112 valence electrons. The van der Waals surface area contributed by atoms with Crippen LogP contribution in [-0.2, 0) is 24.8 Å². The molecule has 0 saturated heterocycles. The zero-order valence-electron chi connectivity index (χ0n) is 11.4. The number of esters is 1. The fourth-order valence-corrected chi connectivity index (χ4v) is 2.71. The number of rotatable bonds is 6. The maximum atomic E-state index is 13.0. The number of carbonyl (C=O) groups is 1. The molecule has 0 aliphatic rings. The van der Waals surface area contributed by atoms with Crippen LogP contribution in [0.25, 0.3) is 0 Å². The van der Waals surface area contributed by atoms with Crippen LogP contribution in [0, 0.1) is 5.82 Å². The maximum absolute atomic E-state index is 13.0. The van der Waals surface area contributed by atoms with Crippen molar-refractivity contribution in [2.45, 2.75) is 11.8 Å². The average molecular weight is 303 g/mol. The Kier molecular flexibility index (Phi) is 5.24. The van der Waals surface area contributed by atoms with E-state index in [1.807, 2.05) is 0 Å². The Labute approximate surface area is 117 Å². The molecule has 0 aromatic heterocycles. The van der Waals surface area contributed by atoms with Gasteiger partial charge in [-0.05, 0) is 24.1 Å². The lowest BCUT2D eigenvalue weighted by molar-refractivity contribution is -0.147. The van der Waals surface area contributed by atoms with Gasteiger partial charge in [0.15, 0.2) is 0 Å². The van der Waals surface area contributed by atoms with Crippen molar-refractivity contribution in [1.29, 1.82) is 0 Å². The second kappa shape index (κ2) is 6.32. The third kappa shape index (κ3) is 3.77. The number of hydrogen-bond acceptors (Lipinski definition) is 5. The first-order valence-corrected chi connectivity index (χ1v) is 8.03. The van der Waals surface area contributed by atoms with Crippen LogP contribution >= 0.6 is 0 Å². The number of ether oxygens (including phenoxy) is 1. The highest BCUT2D eigenvalue weighted by molar-refractivity contribution is 7.90. The Hall–Kier alpha value is -1.47. The van der Waals surface area contributed by atoms with Gasteiger partial charge in [0, 0.05) is 12.8 Å². The molecule has 20 heavy (non-hydrogen) atoms. The lowest BCUT2D eigenvalue weighted by atomic mass is 9.78. The number of benzene rings is 1. The Morgan fingerprint density at radius 2 is 1.90 bits per heavy atom. The van der Waals surface area contributed by atoms with Crippen molar-refractivity contribution in [3.8, 4) is 0 Å². The summed E-state index contributed by atoms with van der Waals surface area (Å²) in [5.74, 6) is -1.29. The Balaban J connectivity index is 3.24. The molecule has 5 nitrogen and oxygen atoms in total. The highest BCUT2D eigenvalue weighted by atomic mass is 32.2. The second-order valence-electron chi connectivity index (χ2n) is 4.66. The number of nitrogens with two attached hydrogens (primary N) is 1. The Morgan fingerprint density at radius 1 is 1.35 bits per heavy atom. The van der Waals surface area contributed by atoms with Crippen molar-refractivity contribution >= 4 is 15.8 Å². The third-order valence-electron chi connectivity index (χ3n) is 3.22. The molecule has 0 bridgehead atoms. The predicted octanol–water partition coefficient (Wildman–Crippen LogP) is 0.630. The van der Waals surface area contributed by atoms with E-state index >= 15 is 0 Å². The fourth-order valence-electron chi connectivity index (χ4n) is 1.99. The first kappa shape index (κ1) is 16.6. The van der Waals surface area contributed by atoms with Crippen molar-refractivity contribution in [3.63, 3.8) is 0 Å². The van der Waals surface area contributed by atoms with Crippen molar-refractivity contribution in [1.82, 2.24) is 0 Å². The molecule has 1 unspecified atom stereocenters. The van der Waals surface area contributed by atoms with Gasteiger partial charge in [0.25, 0.3) is 0 Å². The van der Waals surface area contributed by atoms with Gasteiger partial charge in [-0.25, -0.2) is 12.8 Å². The van der Waals surface area contributed by atoms with E-state index in [1.165, 1.54) is 31.4 Å².